The van der Waals surface area contributed by atoms with E-state index in [4.69, 9.17) is 16.3 Å². The maximum Gasteiger partial charge on any atom is 0.269 e. The van der Waals surface area contributed by atoms with Crippen molar-refractivity contribution in [2.24, 2.45) is 0 Å². The van der Waals surface area contributed by atoms with Gasteiger partial charge in [0.05, 0.1) is 15.4 Å². The van der Waals surface area contributed by atoms with Crippen LogP contribution < -0.4 is 4.74 Å². The van der Waals surface area contributed by atoms with Gasteiger partial charge in [0, 0.05) is 24.2 Å². The smallest absolute Gasteiger partial charge is 0.269 e. The molecule has 0 heterocycles. The molecule has 2 aromatic rings. The molecule has 0 aliphatic rings. The maximum atomic E-state index is 12.7. The molecule has 0 radical (unpaired) electrons. The second-order valence-corrected chi connectivity index (χ2v) is 7.10. The second-order valence-electron chi connectivity index (χ2n) is 5.81. The van der Waals surface area contributed by atoms with Crippen molar-refractivity contribution in [1.82, 2.24) is 4.90 Å². The third kappa shape index (κ3) is 4.74. The quantitative estimate of drug-likeness (QED) is 0.467. The van der Waals surface area contributed by atoms with E-state index in [0.29, 0.717) is 20.8 Å². The summed E-state index contributed by atoms with van der Waals surface area (Å²) in [7, 11) is 1.64. The van der Waals surface area contributed by atoms with Crippen LogP contribution in [0.4, 0.5) is 5.69 Å². The van der Waals surface area contributed by atoms with Crippen LogP contribution in [0, 0.1) is 10.1 Å². The van der Waals surface area contributed by atoms with Crippen LogP contribution >= 0.6 is 27.5 Å². The van der Waals surface area contributed by atoms with Crippen molar-refractivity contribution in [3.8, 4) is 5.75 Å². The summed E-state index contributed by atoms with van der Waals surface area (Å²) in [5.41, 5.74) is 0.666. The minimum absolute atomic E-state index is 0.00964. The van der Waals surface area contributed by atoms with Crippen molar-refractivity contribution in [2.75, 3.05) is 7.05 Å². The van der Waals surface area contributed by atoms with Gasteiger partial charge in [-0.15, -0.1) is 0 Å². The molecule has 8 heteroatoms. The van der Waals surface area contributed by atoms with Crippen molar-refractivity contribution >= 4 is 39.1 Å². The highest BCUT2D eigenvalue weighted by molar-refractivity contribution is 9.10. The summed E-state index contributed by atoms with van der Waals surface area (Å²) in [4.78, 5) is 24.7. The lowest BCUT2D eigenvalue weighted by molar-refractivity contribution is -0.384. The van der Waals surface area contributed by atoms with E-state index in [0.717, 1.165) is 0 Å². The molecule has 0 bridgehead atoms. The number of nitro benzene ring substituents is 1. The first-order chi connectivity index (χ1) is 12.2. The standard InChI is InChI=1S/C18H18BrClN2O4/c1-11(13-5-4-6-15(9-13)22(24)25)21(3)18(23)12(2)26-17-8-7-14(20)10-16(17)19/h4-12H,1-3H3/t11-,12-/m0/s1. The second kappa shape index (κ2) is 8.51. The Morgan fingerprint density at radius 3 is 2.58 bits per heavy atom. The number of carbonyl (C=O) groups excluding carboxylic acids is 1. The first-order valence-electron chi connectivity index (χ1n) is 7.83. The summed E-state index contributed by atoms with van der Waals surface area (Å²) in [5.74, 6) is 0.262. The van der Waals surface area contributed by atoms with E-state index >= 15 is 0 Å². The van der Waals surface area contributed by atoms with Gasteiger partial charge in [-0.05, 0) is 53.5 Å². The minimum Gasteiger partial charge on any atom is -0.480 e. The fourth-order valence-electron chi connectivity index (χ4n) is 2.41. The number of carbonyl (C=O) groups is 1. The lowest BCUT2D eigenvalue weighted by Crippen LogP contribution is -2.39. The average Bonchev–Trinajstić information content (AvgIpc) is 2.62. The SMILES string of the molecule is C[C@H](Oc1ccc(Cl)cc1Br)C(=O)N(C)[C@@H](C)c1cccc([N+](=O)[O-])c1. The van der Waals surface area contributed by atoms with Gasteiger partial charge in [0.15, 0.2) is 6.10 Å². The number of nitro groups is 1. The molecule has 138 valence electrons. The Morgan fingerprint density at radius 1 is 1.27 bits per heavy atom. The fraction of sp³-hybridized carbons (Fsp3) is 0.278. The highest BCUT2D eigenvalue weighted by atomic mass is 79.9. The summed E-state index contributed by atoms with van der Waals surface area (Å²) in [5, 5.41) is 11.5. The van der Waals surface area contributed by atoms with Gasteiger partial charge in [-0.25, -0.2) is 0 Å². The first kappa shape index (κ1) is 20.2. The molecule has 0 saturated carbocycles. The topological polar surface area (TPSA) is 72.7 Å². The molecule has 0 aromatic heterocycles. The monoisotopic (exact) mass is 440 g/mol. The molecule has 2 atom stereocenters. The number of rotatable bonds is 6. The van der Waals surface area contributed by atoms with E-state index in [-0.39, 0.29) is 17.6 Å². The van der Waals surface area contributed by atoms with Gasteiger partial charge in [0.25, 0.3) is 11.6 Å². The summed E-state index contributed by atoms with van der Waals surface area (Å²) in [6.07, 6.45) is -0.737. The molecule has 0 spiro atoms. The van der Waals surface area contributed by atoms with E-state index in [1.807, 2.05) is 6.92 Å². The van der Waals surface area contributed by atoms with Crippen molar-refractivity contribution in [3.05, 3.63) is 67.6 Å². The van der Waals surface area contributed by atoms with Crippen LogP contribution in [0.3, 0.4) is 0 Å². The zero-order chi connectivity index (χ0) is 19.4. The Kier molecular flexibility index (Phi) is 6.61. The number of likely N-dealkylation sites (N-methyl/N-ethyl adjacent to an activating group) is 1. The van der Waals surface area contributed by atoms with Crippen LogP contribution in [-0.2, 0) is 4.79 Å². The highest BCUT2D eigenvalue weighted by Crippen LogP contribution is 2.29. The lowest BCUT2D eigenvalue weighted by Gasteiger charge is -2.28. The van der Waals surface area contributed by atoms with E-state index < -0.39 is 11.0 Å². The van der Waals surface area contributed by atoms with Gasteiger partial charge in [0.2, 0.25) is 0 Å². The highest BCUT2D eigenvalue weighted by Gasteiger charge is 2.25. The van der Waals surface area contributed by atoms with Crippen molar-refractivity contribution in [1.29, 1.82) is 0 Å². The molecule has 1 amide bonds. The van der Waals surface area contributed by atoms with Gasteiger partial charge >= 0.3 is 0 Å². The summed E-state index contributed by atoms with van der Waals surface area (Å²) in [6.45, 7) is 3.46. The minimum atomic E-state index is -0.737. The van der Waals surface area contributed by atoms with E-state index in [1.54, 1.807) is 44.3 Å². The number of halogens is 2. The van der Waals surface area contributed by atoms with Crippen LogP contribution in [0.1, 0.15) is 25.5 Å². The number of benzene rings is 2. The van der Waals surface area contributed by atoms with Gasteiger partial charge in [-0.2, -0.15) is 0 Å². The Hall–Kier alpha value is -2.12. The first-order valence-corrected chi connectivity index (χ1v) is 9.00. The zero-order valence-electron chi connectivity index (χ0n) is 14.5. The third-order valence-electron chi connectivity index (χ3n) is 4.04. The van der Waals surface area contributed by atoms with Crippen molar-refractivity contribution < 1.29 is 14.5 Å². The largest absolute Gasteiger partial charge is 0.480 e. The van der Waals surface area contributed by atoms with Gasteiger partial charge in [-0.1, -0.05) is 23.7 Å². The van der Waals surface area contributed by atoms with Crippen LogP contribution in [0.2, 0.25) is 5.02 Å². The summed E-state index contributed by atoms with van der Waals surface area (Å²) < 4.78 is 6.38. The predicted molar refractivity (Wildman–Crippen MR) is 104 cm³/mol. The number of ether oxygens (including phenoxy) is 1. The number of nitrogens with zero attached hydrogens (tertiary/aromatic N) is 2. The number of amides is 1. The van der Waals surface area contributed by atoms with Gasteiger partial charge in [-0.3, -0.25) is 14.9 Å². The molecule has 0 aliphatic carbocycles. The van der Waals surface area contributed by atoms with E-state index in [1.165, 1.54) is 17.0 Å². The Labute approximate surface area is 165 Å². The molecule has 0 aliphatic heterocycles. The molecule has 0 saturated heterocycles. The molecule has 26 heavy (non-hydrogen) atoms. The molecule has 0 unspecified atom stereocenters. The number of non-ortho nitro benzene ring substituents is 1. The van der Waals surface area contributed by atoms with E-state index in [2.05, 4.69) is 15.9 Å². The van der Waals surface area contributed by atoms with Crippen LogP contribution in [-0.4, -0.2) is 28.9 Å². The van der Waals surface area contributed by atoms with Crippen LogP contribution in [0.5, 0.6) is 5.75 Å². The van der Waals surface area contributed by atoms with Crippen molar-refractivity contribution in [3.63, 3.8) is 0 Å². The third-order valence-corrected chi connectivity index (χ3v) is 4.89. The molecule has 2 rings (SSSR count). The molecular formula is C18H18BrClN2O4. The summed E-state index contributed by atoms with van der Waals surface area (Å²) >= 11 is 9.25. The predicted octanol–water partition coefficient (Wildman–Crippen LogP) is 5.00. The maximum absolute atomic E-state index is 12.7. The Bertz CT molecular complexity index is 831. The van der Waals surface area contributed by atoms with Crippen LogP contribution in [0.15, 0.2) is 46.9 Å². The fourth-order valence-corrected chi connectivity index (χ4v) is 3.19. The van der Waals surface area contributed by atoms with Crippen molar-refractivity contribution in [2.45, 2.75) is 26.0 Å². The van der Waals surface area contributed by atoms with E-state index in [9.17, 15) is 14.9 Å². The van der Waals surface area contributed by atoms with Crippen LogP contribution in [0.25, 0.3) is 0 Å². The average molecular weight is 442 g/mol. The number of hydrogen-bond acceptors (Lipinski definition) is 4. The zero-order valence-corrected chi connectivity index (χ0v) is 16.8. The molecular weight excluding hydrogens is 424 g/mol. The molecule has 2 aromatic carbocycles. The lowest BCUT2D eigenvalue weighted by atomic mass is 10.1. The molecule has 0 fully saturated rings. The van der Waals surface area contributed by atoms with Gasteiger partial charge in [0.1, 0.15) is 5.75 Å². The summed E-state index contributed by atoms with van der Waals surface area (Å²) in [6, 6.07) is 10.9. The number of hydrogen-bond donors (Lipinski definition) is 0. The normalized spacial score (nSPS) is 13.0. The molecule has 6 nitrogen and oxygen atoms in total. The van der Waals surface area contributed by atoms with Gasteiger partial charge < -0.3 is 9.64 Å². The Balaban J connectivity index is 2.12. The Morgan fingerprint density at radius 2 is 1.96 bits per heavy atom. The molecule has 0 N–H and O–H groups in total.